The third-order valence-corrected chi connectivity index (χ3v) is 3.47. The Bertz CT molecular complexity index is 741. The van der Waals surface area contributed by atoms with Crippen LogP contribution >= 0.6 is 0 Å². The van der Waals surface area contributed by atoms with Gasteiger partial charge in [0.05, 0.1) is 12.2 Å². The number of aromatic nitrogens is 4. The number of tetrazole rings is 1. The Morgan fingerprint density at radius 1 is 1.09 bits per heavy atom. The molecule has 0 bridgehead atoms. The minimum Gasteiger partial charge on any atom is -0.303 e. The van der Waals surface area contributed by atoms with Crippen LogP contribution in [0.3, 0.4) is 0 Å². The fourth-order valence-corrected chi connectivity index (χ4v) is 2.27. The van der Waals surface area contributed by atoms with Crippen molar-refractivity contribution in [3.8, 4) is 5.69 Å². The Balaban J connectivity index is 1.73. The van der Waals surface area contributed by atoms with Gasteiger partial charge >= 0.3 is 0 Å². The molecule has 0 saturated carbocycles. The number of nitrogens with zero attached hydrogens (tertiary/aromatic N) is 4. The van der Waals surface area contributed by atoms with E-state index >= 15 is 0 Å². The van der Waals surface area contributed by atoms with Crippen LogP contribution in [0.25, 0.3) is 5.69 Å². The molecular weight excluding hydrogens is 281 g/mol. The predicted molar refractivity (Wildman–Crippen MR) is 80.8 cm³/mol. The topological polar surface area (TPSA) is 55.6 Å². The first-order valence-electron chi connectivity index (χ1n) is 7.06. The van der Waals surface area contributed by atoms with Gasteiger partial charge in [0.2, 0.25) is 0 Å². The highest BCUT2D eigenvalue weighted by molar-refractivity contribution is 5.30. The Hall–Kier alpha value is -2.60. The third kappa shape index (κ3) is 3.01. The van der Waals surface area contributed by atoms with Crippen molar-refractivity contribution >= 4 is 0 Å². The normalized spacial score (nSPS) is 12.3. The van der Waals surface area contributed by atoms with Gasteiger partial charge in [0.1, 0.15) is 5.82 Å². The van der Waals surface area contributed by atoms with Crippen molar-refractivity contribution in [3.05, 3.63) is 71.8 Å². The molecule has 3 rings (SSSR count). The van der Waals surface area contributed by atoms with E-state index in [9.17, 15) is 4.39 Å². The first-order chi connectivity index (χ1) is 10.8. The van der Waals surface area contributed by atoms with Crippen LogP contribution in [0.15, 0.2) is 54.6 Å². The van der Waals surface area contributed by atoms with E-state index in [0.717, 1.165) is 5.69 Å². The summed E-state index contributed by atoms with van der Waals surface area (Å²) < 4.78 is 15.4. The largest absolute Gasteiger partial charge is 0.303 e. The molecule has 1 aromatic heterocycles. The molecule has 112 valence electrons. The van der Waals surface area contributed by atoms with Gasteiger partial charge in [-0.05, 0) is 35.5 Å². The molecule has 6 heteroatoms. The van der Waals surface area contributed by atoms with E-state index in [-0.39, 0.29) is 11.9 Å². The zero-order valence-electron chi connectivity index (χ0n) is 12.1. The lowest BCUT2D eigenvalue weighted by Gasteiger charge is -2.14. The second-order valence-electron chi connectivity index (χ2n) is 4.97. The summed E-state index contributed by atoms with van der Waals surface area (Å²) in [4.78, 5) is 0. The maximum atomic E-state index is 13.8. The number of rotatable bonds is 5. The number of hydrogen-bond donors (Lipinski definition) is 1. The number of halogens is 1. The summed E-state index contributed by atoms with van der Waals surface area (Å²) in [6.45, 7) is 2.35. The van der Waals surface area contributed by atoms with Gasteiger partial charge in [0, 0.05) is 11.6 Å². The molecule has 0 aliphatic heterocycles. The van der Waals surface area contributed by atoms with Crippen LogP contribution in [0, 0.1) is 5.82 Å². The summed E-state index contributed by atoms with van der Waals surface area (Å²) >= 11 is 0. The second-order valence-corrected chi connectivity index (χ2v) is 4.97. The summed E-state index contributed by atoms with van der Waals surface area (Å²) in [7, 11) is 0. The first-order valence-corrected chi connectivity index (χ1v) is 7.06. The minimum absolute atomic E-state index is 0.137. The number of benzene rings is 2. The lowest BCUT2D eigenvalue weighted by Crippen LogP contribution is -2.21. The molecule has 1 atom stereocenters. The van der Waals surface area contributed by atoms with E-state index in [1.807, 2.05) is 43.3 Å². The van der Waals surface area contributed by atoms with Crippen molar-refractivity contribution in [2.75, 3.05) is 0 Å². The average molecular weight is 297 g/mol. The molecule has 1 unspecified atom stereocenters. The van der Waals surface area contributed by atoms with Crippen LogP contribution in [-0.4, -0.2) is 20.2 Å². The van der Waals surface area contributed by atoms with Crippen molar-refractivity contribution in [2.24, 2.45) is 0 Å². The van der Waals surface area contributed by atoms with E-state index in [4.69, 9.17) is 0 Å². The molecule has 2 aromatic carbocycles. The Kier molecular flexibility index (Phi) is 4.20. The van der Waals surface area contributed by atoms with E-state index in [1.165, 1.54) is 6.07 Å². The molecule has 0 aliphatic rings. The SMILES string of the molecule is CC(NCc1nnnn1-c1ccccc1)c1ccccc1F. The molecule has 0 spiro atoms. The summed E-state index contributed by atoms with van der Waals surface area (Å²) in [6.07, 6.45) is 0. The third-order valence-electron chi connectivity index (χ3n) is 3.47. The first kappa shape index (κ1) is 14.3. The highest BCUT2D eigenvalue weighted by Crippen LogP contribution is 2.16. The van der Waals surface area contributed by atoms with Gasteiger partial charge in [-0.1, -0.05) is 36.4 Å². The molecule has 3 aromatic rings. The molecule has 1 N–H and O–H groups in total. The van der Waals surface area contributed by atoms with Crippen molar-refractivity contribution < 1.29 is 4.39 Å². The molecule has 0 saturated heterocycles. The summed E-state index contributed by atoms with van der Waals surface area (Å²) in [6, 6.07) is 16.3. The smallest absolute Gasteiger partial charge is 0.170 e. The quantitative estimate of drug-likeness (QED) is 0.786. The molecule has 0 amide bonds. The van der Waals surface area contributed by atoms with Crippen molar-refractivity contribution in [1.29, 1.82) is 0 Å². The monoisotopic (exact) mass is 297 g/mol. The molecule has 0 aliphatic carbocycles. The molecule has 0 radical (unpaired) electrons. The van der Waals surface area contributed by atoms with Crippen molar-refractivity contribution in [1.82, 2.24) is 25.5 Å². The van der Waals surface area contributed by atoms with E-state index in [0.29, 0.717) is 17.9 Å². The zero-order chi connectivity index (χ0) is 15.4. The summed E-state index contributed by atoms with van der Waals surface area (Å²) in [5.41, 5.74) is 1.52. The Morgan fingerprint density at radius 2 is 1.82 bits per heavy atom. The van der Waals surface area contributed by atoms with Gasteiger partial charge in [-0.15, -0.1) is 5.10 Å². The fourth-order valence-electron chi connectivity index (χ4n) is 2.27. The highest BCUT2D eigenvalue weighted by atomic mass is 19.1. The average Bonchev–Trinajstić information content (AvgIpc) is 3.02. The van der Waals surface area contributed by atoms with Gasteiger partial charge in [0.15, 0.2) is 5.82 Å². The van der Waals surface area contributed by atoms with Crippen LogP contribution in [0.1, 0.15) is 24.4 Å². The molecule has 22 heavy (non-hydrogen) atoms. The Labute approximate surface area is 127 Å². The lowest BCUT2D eigenvalue weighted by atomic mass is 10.1. The highest BCUT2D eigenvalue weighted by Gasteiger charge is 2.12. The van der Waals surface area contributed by atoms with Gasteiger partial charge in [-0.3, -0.25) is 0 Å². The van der Waals surface area contributed by atoms with E-state index < -0.39 is 0 Å². The van der Waals surface area contributed by atoms with Gasteiger partial charge in [0.25, 0.3) is 0 Å². The van der Waals surface area contributed by atoms with E-state index in [1.54, 1.807) is 16.8 Å². The van der Waals surface area contributed by atoms with Crippen LogP contribution in [-0.2, 0) is 6.54 Å². The molecule has 1 heterocycles. The van der Waals surface area contributed by atoms with Crippen molar-refractivity contribution in [2.45, 2.75) is 19.5 Å². The van der Waals surface area contributed by atoms with E-state index in [2.05, 4.69) is 20.8 Å². The van der Waals surface area contributed by atoms with Crippen LogP contribution in [0.2, 0.25) is 0 Å². The molecular formula is C16H16FN5. The lowest BCUT2D eigenvalue weighted by molar-refractivity contribution is 0.515. The molecule has 0 fully saturated rings. The number of para-hydroxylation sites is 1. The zero-order valence-corrected chi connectivity index (χ0v) is 12.1. The van der Waals surface area contributed by atoms with Crippen LogP contribution < -0.4 is 5.32 Å². The molecule has 5 nitrogen and oxygen atoms in total. The summed E-state index contributed by atoms with van der Waals surface area (Å²) in [5, 5.41) is 15.0. The maximum absolute atomic E-state index is 13.8. The van der Waals surface area contributed by atoms with Gasteiger partial charge in [-0.2, -0.15) is 4.68 Å². The second kappa shape index (κ2) is 6.44. The number of nitrogens with one attached hydrogen (secondary N) is 1. The number of hydrogen-bond acceptors (Lipinski definition) is 4. The van der Waals surface area contributed by atoms with Crippen LogP contribution in [0.4, 0.5) is 4.39 Å². The Morgan fingerprint density at radius 3 is 2.59 bits per heavy atom. The minimum atomic E-state index is -0.217. The fraction of sp³-hybridized carbons (Fsp3) is 0.188. The van der Waals surface area contributed by atoms with Crippen molar-refractivity contribution in [3.63, 3.8) is 0 Å². The van der Waals surface area contributed by atoms with Gasteiger partial charge in [-0.25, -0.2) is 4.39 Å². The standard InChI is InChI=1S/C16H16FN5/c1-12(14-9-5-6-10-15(14)17)18-11-16-19-20-21-22(16)13-7-3-2-4-8-13/h2-10,12,18H,11H2,1H3. The van der Waals surface area contributed by atoms with Crippen LogP contribution in [0.5, 0.6) is 0 Å². The predicted octanol–water partition coefficient (Wildman–Crippen LogP) is 2.65. The maximum Gasteiger partial charge on any atom is 0.170 e. The van der Waals surface area contributed by atoms with Gasteiger partial charge < -0.3 is 5.32 Å². The summed E-state index contributed by atoms with van der Waals surface area (Å²) in [5.74, 6) is 0.458.